The summed E-state index contributed by atoms with van der Waals surface area (Å²) in [7, 11) is 0. The third-order valence-corrected chi connectivity index (χ3v) is 4.87. The van der Waals surface area contributed by atoms with E-state index in [0.29, 0.717) is 30.8 Å². The Bertz CT molecular complexity index is 508. The van der Waals surface area contributed by atoms with Gasteiger partial charge in [0, 0.05) is 24.9 Å². The summed E-state index contributed by atoms with van der Waals surface area (Å²) in [5.41, 5.74) is -0.420. The summed E-state index contributed by atoms with van der Waals surface area (Å²) in [6.07, 6.45) is 2.85. The maximum Gasteiger partial charge on any atom is 0.255 e. The fourth-order valence-electron chi connectivity index (χ4n) is 3.10. The highest BCUT2D eigenvalue weighted by molar-refractivity contribution is 5.95. The van der Waals surface area contributed by atoms with E-state index in [2.05, 4.69) is 5.32 Å². The number of aliphatic hydroxyl groups excluding tert-OH is 1. The molecule has 2 rings (SSSR count). The molecule has 5 nitrogen and oxygen atoms in total. The third-order valence-electron chi connectivity index (χ3n) is 4.87. The van der Waals surface area contributed by atoms with Crippen molar-refractivity contribution in [1.82, 2.24) is 5.32 Å². The Morgan fingerprint density at radius 1 is 1.52 bits per heavy atom. The van der Waals surface area contributed by atoms with E-state index in [1.165, 1.54) is 6.26 Å². The van der Waals surface area contributed by atoms with E-state index in [4.69, 9.17) is 9.15 Å². The fraction of sp³-hybridized carbons (Fsp3) is 0.688. The van der Waals surface area contributed by atoms with Gasteiger partial charge in [-0.15, -0.1) is 0 Å². The first kappa shape index (κ1) is 16.0. The molecule has 1 saturated carbocycles. The summed E-state index contributed by atoms with van der Waals surface area (Å²) in [6, 6.07) is 1.67. The van der Waals surface area contributed by atoms with Crippen LogP contribution in [0.25, 0.3) is 0 Å². The van der Waals surface area contributed by atoms with E-state index >= 15 is 0 Å². The van der Waals surface area contributed by atoms with Crippen molar-refractivity contribution in [2.75, 3.05) is 13.2 Å². The molecule has 118 valence electrons. The molecule has 0 bridgehead atoms. The minimum atomic E-state index is -0.647. The smallest absolute Gasteiger partial charge is 0.255 e. The van der Waals surface area contributed by atoms with E-state index in [-0.39, 0.29) is 24.0 Å². The lowest BCUT2D eigenvalue weighted by molar-refractivity contribution is -0.172. The highest BCUT2D eigenvalue weighted by Gasteiger charge is 2.61. The van der Waals surface area contributed by atoms with Crippen LogP contribution in [0, 0.1) is 5.41 Å². The molecule has 0 aliphatic heterocycles. The second-order valence-electron chi connectivity index (χ2n) is 6.18. The summed E-state index contributed by atoms with van der Waals surface area (Å²) >= 11 is 0. The molecule has 2 N–H and O–H groups in total. The number of furan rings is 1. The van der Waals surface area contributed by atoms with Gasteiger partial charge in [-0.25, -0.2) is 0 Å². The monoisotopic (exact) mass is 295 g/mol. The number of carbonyl (C=O) groups excluding carboxylic acids is 1. The summed E-state index contributed by atoms with van der Waals surface area (Å²) in [4.78, 5) is 12.5. The van der Waals surface area contributed by atoms with Crippen molar-refractivity contribution in [3.63, 3.8) is 0 Å². The number of hydrogen-bond donors (Lipinski definition) is 2. The molecule has 1 heterocycles. The molecule has 0 saturated heterocycles. The van der Waals surface area contributed by atoms with Crippen LogP contribution in [0.5, 0.6) is 0 Å². The van der Waals surface area contributed by atoms with Gasteiger partial charge in [0.15, 0.2) is 0 Å². The van der Waals surface area contributed by atoms with E-state index in [0.717, 1.165) is 0 Å². The van der Waals surface area contributed by atoms with Gasteiger partial charge in [0.1, 0.15) is 5.76 Å². The number of amides is 1. The van der Waals surface area contributed by atoms with Crippen LogP contribution >= 0.6 is 0 Å². The number of aryl methyl sites for hydroxylation is 1. The van der Waals surface area contributed by atoms with Gasteiger partial charge in [0.2, 0.25) is 0 Å². The highest BCUT2D eigenvalue weighted by atomic mass is 16.5. The molecule has 0 radical (unpaired) electrons. The topological polar surface area (TPSA) is 71.7 Å². The van der Waals surface area contributed by atoms with Crippen molar-refractivity contribution < 1.29 is 19.1 Å². The van der Waals surface area contributed by atoms with Gasteiger partial charge < -0.3 is 19.6 Å². The lowest BCUT2D eigenvalue weighted by Crippen LogP contribution is -2.74. The van der Waals surface area contributed by atoms with Gasteiger partial charge in [-0.05, 0) is 13.0 Å². The Labute approximate surface area is 125 Å². The van der Waals surface area contributed by atoms with Crippen molar-refractivity contribution in [3.8, 4) is 0 Å². The number of hydrogen-bond acceptors (Lipinski definition) is 4. The van der Waals surface area contributed by atoms with Crippen molar-refractivity contribution >= 4 is 5.91 Å². The van der Waals surface area contributed by atoms with E-state index in [9.17, 15) is 9.90 Å². The summed E-state index contributed by atoms with van der Waals surface area (Å²) in [6.45, 7) is 8.45. The fourth-order valence-corrected chi connectivity index (χ4v) is 3.10. The molecule has 0 spiro atoms. The Hall–Kier alpha value is -1.33. The second-order valence-corrected chi connectivity index (χ2v) is 6.18. The number of nitrogens with one attached hydrogen (secondary N) is 1. The van der Waals surface area contributed by atoms with Crippen molar-refractivity contribution in [2.24, 2.45) is 5.41 Å². The van der Waals surface area contributed by atoms with Gasteiger partial charge in [-0.2, -0.15) is 0 Å². The zero-order valence-corrected chi connectivity index (χ0v) is 13.2. The molecule has 1 aliphatic rings. The van der Waals surface area contributed by atoms with Crippen LogP contribution in [0.4, 0.5) is 0 Å². The van der Waals surface area contributed by atoms with Gasteiger partial charge in [0.25, 0.3) is 5.91 Å². The van der Waals surface area contributed by atoms with Crippen LogP contribution < -0.4 is 5.32 Å². The number of carbonyl (C=O) groups is 1. The standard InChI is InChI=1S/C16H25NO4/c1-5-12-11(7-8-21-12)14(19)17-16(10-18)9-13(20-6-2)15(16,3)4/h7-8,13,18H,5-6,9-10H2,1-4H3,(H,17,19). The minimum Gasteiger partial charge on any atom is -0.469 e. The molecule has 1 aromatic rings. The normalized spacial score (nSPS) is 27.2. The molecule has 2 unspecified atom stereocenters. The summed E-state index contributed by atoms with van der Waals surface area (Å²) < 4.78 is 11.0. The second kappa shape index (κ2) is 5.81. The first-order valence-electron chi connectivity index (χ1n) is 7.53. The summed E-state index contributed by atoms with van der Waals surface area (Å²) in [5, 5.41) is 12.8. The van der Waals surface area contributed by atoms with Crippen LogP contribution in [0.1, 0.15) is 50.2 Å². The van der Waals surface area contributed by atoms with E-state index in [1.807, 2.05) is 27.7 Å². The van der Waals surface area contributed by atoms with Gasteiger partial charge in [-0.1, -0.05) is 20.8 Å². The molecular formula is C16H25NO4. The average molecular weight is 295 g/mol. The number of ether oxygens (including phenoxy) is 1. The third kappa shape index (κ3) is 2.49. The van der Waals surface area contributed by atoms with Crippen LogP contribution in [0.2, 0.25) is 0 Å². The first-order valence-corrected chi connectivity index (χ1v) is 7.53. The molecule has 1 amide bonds. The minimum absolute atomic E-state index is 0.0462. The first-order chi connectivity index (χ1) is 9.91. The molecule has 21 heavy (non-hydrogen) atoms. The molecule has 1 fully saturated rings. The van der Waals surface area contributed by atoms with Crippen LogP contribution in [-0.4, -0.2) is 35.9 Å². The molecule has 0 aromatic carbocycles. The SMILES string of the molecule is CCOC1CC(CO)(NC(=O)c2ccoc2CC)C1(C)C. The lowest BCUT2D eigenvalue weighted by atomic mass is 9.54. The maximum atomic E-state index is 12.5. The van der Waals surface area contributed by atoms with Gasteiger partial charge in [0.05, 0.1) is 30.1 Å². The van der Waals surface area contributed by atoms with Crippen LogP contribution in [-0.2, 0) is 11.2 Å². The van der Waals surface area contributed by atoms with Gasteiger partial charge >= 0.3 is 0 Å². The van der Waals surface area contributed by atoms with Crippen LogP contribution in [0.3, 0.4) is 0 Å². The lowest BCUT2D eigenvalue weighted by Gasteiger charge is -2.60. The zero-order chi connectivity index (χ0) is 15.7. The molecular weight excluding hydrogens is 270 g/mol. The Morgan fingerprint density at radius 2 is 2.24 bits per heavy atom. The Morgan fingerprint density at radius 3 is 2.76 bits per heavy atom. The highest BCUT2D eigenvalue weighted by Crippen LogP contribution is 2.51. The maximum absolute atomic E-state index is 12.5. The van der Waals surface area contributed by atoms with Crippen molar-refractivity contribution in [3.05, 3.63) is 23.7 Å². The Balaban J connectivity index is 2.15. The Kier molecular flexibility index (Phi) is 4.44. The predicted octanol–water partition coefficient (Wildman–Crippen LogP) is 2.14. The quantitative estimate of drug-likeness (QED) is 0.843. The van der Waals surface area contributed by atoms with E-state index < -0.39 is 5.54 Å². The van der Waals surface area contributed by atoms with Crippen LogP contribution in [0.15, 0.2) is 16.7 Å². The molecule has 1 aromatic heterocycles. The molecule has 2 atom stereocenters. The predicted molar refractivity (Wildman–Crippen MR) is 79.2 cm³/mol. The number of aliphatic hydroxyl groups is 1. The van der Waals surface area contributed by atoms with Crippen molar-refractivity contribution in [1.29, 1.82) is 0 Å². The average Bonchev–Trinajstić information content (AvgIpc) is 2.94. The molecule has 5 heteroatoms. The largest absolute Gasteiger partial charge is 0.469 e. The number of rotatable bonds is 6. The zero-order valence-electron chi connectivity index (χ0n) is 13.2. The van der Waals surface area contributed by atoms with Gasteiger partial charge in [-0.3, -0.25) is 4.79 Å². The van der Waals surface area contributed by atoms with E-state index in [1.54, 1.807) is 6.07 Å². The summed E-state index contributed by atoms with van der Waals surface area (Å²) in [5.74, 6) is 0.469. The molecule has 1 aliphatic carbocycles. The van der Waals surface area contributed by atoms with Crippen molar-refractivity contribution in [2.45, 2.75) is 52.2 Å².